The smallest absolute Gasteiger partial charge is 0.224 e. The third-order valence-corrected chi connectivity index (χ3v) is 4.82. The molecule has 3 N–H and O–H groups in total. The van der Waals surface area contributed by atoms with E-state index in [-0.39, 0.29) is 5.91 Å². The lowest BCUT2D eigenvalue weighted by Gasteiger charge is -2.07. The van der Waals surface area contributed by atoms with Crippen molar-refractivity contribution in [1.29, 1.82) is 0 Å². The van der Waals surface area contributed by atoms with E-state index in [1.807, 2.05) is 68.4 Å². The highest BCUT2D eigenvalue weighted by Gasteiger charge is 2.11. The predicted octanol–water partition coefficient (Wildman–Crippen LogP) is 6.01. The molecule has 1 amide bonds. The number of carbonyl (C=O) groups is 1. The largest absolute Gasteiger partial charge is 0.340 e. The number of rotatable bonds is 6. The third kappa shape index (κ3) is 4.60. The number of aromatic nitrogens is 3. The lowest BCUT2D eigenvalue weighted by molar-refractivity contribution is -0.116. The maximum Gasteiger partial charge on any atom is 0.224 e. The lowest BCUT2D eigenvalue weighted by Crippen LogP contribution is -2.13. The molecular weight excluding hydrogens is 398 g/mol. The summed E-state index contributed by atoms with van der Waals surface area (Å²) in [5, 5.41) is 7.75. The van der Waals surface area contributed by atoms with Gasteiger partial charge in [-0.1, -0.05) is 43.6 Å². The zero-order valence-electron chi connectivity index (χ0n) is 16.7. The Hall–Kier alpha value is -3.38. The lowest BCUT2D eigenvalue weighted by atomic mass is 10.1. The predicted molar refractivity (Wildman–Crippen MR) is 122 cm³/mol. The molecule has 6 nitrogen and oxygen atoms in total. The number of nitrogens with zero attached hydrogens (tertiary/aromatic N) is 2. The first-order valence-corrected chi connectivity index (χ1v) is 10.1. The van der Waals surface area contributed by atoms with Crippen LogP contribution in [0.4, 0.5) is 17.2 Å². The second kappa shape index (κ2) is 8.55. The van der Waals surface area contributed by atoms with Crippen LogP contribution >= 0.6 is 11.6 Å². The van der Waals surface area contributed by atoms with Gasteiger partial charge in [-0.3, -0.25) is 4.79 Å². The minimum absolute atomic E-state index is 0.0235. The number of halogens is 1. The molecule has 4 rings (SSSR count). The maximum absolute atomic E-state index is 12.0. The van der Waals surface area contributed by atoms with Crippen molar-refractivity contribution in [2.45, 2.75) is 20.3 Å². The van der Waals surface area contributed by atoms with Crippen LogP contribution in [0.25, 0.3) is 22.3 Å². The third-order valence-electron chi connectivity index (χ3n) is 4.59. The minimum Gasteiger partial charge on any atom is -0.340 e. The zero-order valence-corrected chi connectivity index (χ0v) is 17.5. The Labute approximate surface area is 179 Å². The number of carbonyl (C=O) groups excluding carboxylic acids is 1. The highest BCUT2D eigenvalue weighted by atomic mass is 35.5. The van der Waals surface area contributed by atoms with E-state index >= 15 is 0 Å². The second-order valence-electron chi connectivity index (χ2n) is 7.53. The van der Waals surface area contributed by atoms with Gasteiger partial charge in [-0.25, -0.2) is 9.97 Å². The molecule has 2 heterocycles. The first kappa shape index (κ1) is 19.9. The summed E-state index contributed by atoms with van der Waals surface area (Å²) >= 11 is 6.08. The number of hydrogen-bond acceptors (Lipinski definition) is 4. The summed E-state index contributed by atoms with van der Waals surface area (Å²) < 4.78 is 0. The van der Waals surface area contributed by atoms with Gasteiger partial charge in [0.2, 0.25) is 5.91 Å². The Bertz CT molecular complexity index is 1180. The molecule has 2 aromatic heterocycles. The number of fused-ring (bicyclic) bond motifs is 1. The fourth-order valence-corrected chi connectivity index (χ4v) is 3.40. The summed E-state index contributed by atoms with van der Waals surface area (Å²) in [4.78, 5) is 24.0. The fraction of sp³-hybridized carbons (Fsp3) is 0.174. The van der Waals surface area contributed by atoms with Gasteiger partial charge in [-0.2, -0.15) is 0 Å². The highest BCUT2D eigenvalue weighted by molar-refractivity contribution is 6.30. The Balaban J connectivity index is 1.57. The Morgan fingerprint density at radius 2 is 1.87 bits per heavy atom. The van der Waals surface area contributed by atoms with Gasteiger partial charge in [0.05, 0.1) is 5.39 Å². The van der Waals surface area contributed by atoms with Crippen molar-refractivity contribution in [2.24, 2.45) is 5.92 Å². The van der Waals surface area contributed by atoms with Gasteiger partial charge < -0.3 is 15.6 Å². The topological polar surface area (TPSA) is 82.7 Å². The van der Waals surface area contributed by atoms with Crippen LogP contribution in [0, 0.1) is 5.92 Å². The van der Waals surface area contributed by atoms with Crippen LogP contribution in [0.1, 0.15) is 20.3 Å². The van der Waals surface area contributed by atoms with E-state index in [4.69, 9.17) is 11.6 Å². The number of benzene rings is 2. The van der Waals surface area contributed by atoms with Crippen molar-refractivity contribution in [3.63, 3.8) is 0 Å². The van der Waals surface area contributed by atoms with E-state index in [2.05, 4.69) is 25.6 Å². The van der Waals surface area contributed by atoms with Gasteiger partial charge in [0.15, 0.2) is 0 Å². The van der Waals surface area contributed by atoms with Gasteiger partial charge in [0.25, 0.3) is 0 Å². The van der Waals surface area contributed by atoms with Crippen molar-refractivity contribution in [1.82, 2.24) is 15.0 Å². The Morgan fingerprint density at radius 1 is 1.07 bits per heavy atom. The summed E-state index contributed by atoms with van der Waals surface area (Å²) in [5.74, 6) is 1.05. The molecule has 0 aliphatic carbocycles. The standard InChI is InChI=1S/C23H22ClN5O/c1-14(2)10-21(30)27-17-8-6-15(7-9-17)20-12-19-22(25-13-26-23(19)29-20)28-18-5-3-4-16(24)11-18/h3-9,11-14H,10H2,1-2H3,(H,27,30)(H2,25,26,28,29). The Kier molecular flexibility index (Phi) is 5.68. The van der Waals surface area contributed by atoms with Gasteiger partial charge >= 0.3 is 0 Å². The van der Waals surface area contributed by atoms with Gasteiger partial charge in [-0.15, -0.1) is 0 Å². The molecule has 30 heavy (non-hydrogen) atoms. The van der Waals surface area contributed by atoms with E-state index in [1.54, 1.807) is 0 Å². The fourth-order valence-electron chi connectivity index (χ4n) is 3.21. The van der Waals surface area contributed by atoms with E-state index in [0.717, 1.165) is 33.7 Å². The SMILES string of the molecule is CC(C)CC(=O)Nc1ccc(-c2cc3c(Nc4cccc(Cl)c4)ncnc3[nH]2)cc1. The van der Waals surface area contributed by atoms with Gasteiger partial charge in [0.1, 0.15) is 17.8 Å². The molecule has 0 aliphatic heterocycles. The highest BCUT2D eigenvalue weighted by Crippen LogP contribution is 2.29. The Morgan fingerprint density at radius 3 is 2.60 bits per heavy atom. The zero-order chi connectivity index (χ0) is 21.1. The van der Waals surface area contributed by atoms with E-state index in [9.17, 15) is 4.79 Å². The summed E-state index contributed by atoms with van der Waals surface area (Å²) in [6.07, 6.45) is 2.02. The molecule has 0 bridgehead atoms. The average Bonchev–Trinajstić information content (AvgIpc) is 3.13. The molecule has 0 fully saturated rings. The molecular formula is C23H22ClN5O. The summed E-state index contributed by atoms with van der Waals surface area (Å²) in [7, 11) is 0. The van der Waals surface area contributed by atoms with Crippen molar-refractivity contribution in [3.05, 3.63) is 65.9 Å². The van der Waals surface area contributed by atoms with E-state index < -0.39 is 0 Å². The van der Waals surface area contributed by atoms with Crippen LogP contribution in [0.5, 0.6) is 0 Å². The summed E-state index contributed by atoms with van der Waals surface area (Å²) in [6.45, 7) is 4.05. The molecule has 7 heteroatoms. The molecule has 0 radical (unpaired) electrons. The normalized spacial score (nSPS) is 11.1. The first-order chi connectivity index (χ1) is 14.5. The van der Waals surface area contributed by atoms with E-state index in [0.29, 0.717) is 23.2 Å². The molecule has 4 aromatic rings. The van der Waals surface area contributed by atoms with Crippen LogP contribution in [-0.4, -0.2) is 20.9 Å². The molecule has 0 unspecified atom stereocenters. The van der Waals surface area contributed by atoms with Gasteiger partial charge in [-0.05, 0) is 47.9 Å². The summed E-state index contributed by atoms with van der Waals surface area (Å²) in [5.41, 5.74) is 4.28. The molecule has 0 spiro atoms. The number of hydrogen-bond donors (Lipinski definition) is 3. The molecule has 152 valence electrons. The molecule has 0 aliphatic rings. The number of amides is 1. The number of nitrogens with one attached hydrogen (secondary N) is 3. The van der Waals surface area contributed by atoms with Crippen molar-refractivity contribution >= 4 is 45.7 Å². The van der Waals surface area contributed by atoms with Gasteiger partial charge in [0, 0.05) is 28.5 Å². The quantitative estimate of drug-likeness (QED) is 0.357. The van der Waals surface area contributed by atoms with Crippen LogP contribution < -0.4 is 10.6 Å². The number of anilines is 3. The summed E-state index contributed by atoms with van der Waals surface area (Å²) in [6, 6.07) is 17.2. The second-order valence-corrected chi connectivity index (χ2v) is 7.96. The molecule has 0 atom stereocenters. The monoisotopic (exact) mass is 419 g/mol. The number of aromatic amines is 1. The van der Waals surface area contributed by atoms with Crippen molar-refractivity contribution < 1.29 is 4.79 Å². The van der Waals surface area contributed by atoms with Crippen LogP contribution in [-0.2, 0) is 4.79 Å². The maximum atomic E-state index is 12.0. The van der Waals surface area contributed by atoms with Crippen molar-refractivity contribution in [2.75, 3.05) is 10.6 Å². The van der Waals surface area contributed by atoms with E-state index in [1.165, 1.54) is 6.33 Å². The molecule has 2 aromatic carbocycles. The molecule has 0 saturated heterocycles. The van der Waals surface area contributed by atoms with Crippen LogP contribution in [0.15, 0.2) is 60.9 Å². The first-order valence-electron chi connectivity index (χ1n) is 9.74. The van der Waals surface area contributed by atoms with Crippen LogP contribution in [0.3, 0.4) is 0 Å². The minimum atomic E-state index is 0.0235. The molecule has 0 saturated carbocycles. The van der Waals surface area contributed by atoms with Crippen LogP contribution in [0.2, 0.25) is 5.02 Å². The average molecular weight is 420 g/mol. The number of H-pyrrole nitrogens is 1. The van der Waals surface area contributed by atoms with Crippen molar-refractivity contribution in [3.8, 4) is 11.3 Å².